The van der Waals surface area contributed by atoms with Crippen LogP contribution in [-0.4, -0.2) is 19.2 Å². The molecule has 2 bridgehead atoms. The van der Waals surface area contributed by atoms with E-state index in [1.165, 1.54) is 6.42 Å². The normalized spacial score (nSPS) is 26.8. The van der Waals surface area contributed by atoms with Gasteiger partial charge in [-0.15, -0.1) is 0 Å². The van der Waals surface area contributed by atoms with Crippen molar-refractivity contribution >= 4 is 17.6 Å². The van der Waals surface area contributed by atoms with Crippen molar-refractivity contribution in [3.8, 4) is 5.75 Å². The molecule has 1 aromatic carbocycles. The molecule has 20 heavy (non-hydrogen) atoms. The Balaban J connectivity index is 1.39. The third-order valence-electron chi connectivity index (χ3n) is 4.05. The van der Waals surface area contributed by atoms with Gasteiger partial charge in [0.2, 0.25) is 0 Å². The molecule has 0 amide bonds. The van der Waals surface area contributed by atoms with E-state index in [4.69, 9.17) is 21.1 Å². The maximum Gasteiger partial charge on any atom is 0.344 e. The number of halogens is 1. The Morgan fingerprint density at radius 1 is 1.20 bits per heavy atom. The average molecular weight is 293 g/mol. The highest BCUT2D eigenvalue weighted by Crippen LogP contribution is 2.43. The second kappa shape index (κ2) is 5.88. The molecule has 1 fully saturated rings. The maximum atomic E-state index is 11.7. The van der Waals surface area contributed by atoms with Crippen LogP contribution in [0.2, 0.25) is 5.02 Å². The Hall–Kier alpha value is -1.48. The van der Waals surface area contributed by atoms with E-state index in [1.54, 1.807) is 24.3 Å². The zero-order valence-electron chi connectivity index (χ0n) is 11.1. The molecule has 0 spiro atoms. The van der Waals surface area contributed by atoms with E-state index in [-0.39, 0.29) is 12.6 Å². The SMILES string of the molecule is O=C(COc1ccc(Cl)cc1)OC[C@H]1C[C@H]2C=C[C@H]1C2. The van der Waals surface area contributed by atoms with E-state index in [2.05, 4.69) is 12.2 Å². The van der Waals surface area contributed by atoms with E-state index in [1.807, 2.05) is 0 Å². The first-order valence-electron chi connectivity index (χ1n) is 6.93. The molecule has 1 aromatic rings. The molecule has 0 heterocycles. The summed E-state index contributed by atoms with van der Waals surface area (Å²) in [7, 11) is 0. The molecule has 2 aliphatic carbocycles. The van der Waals surface area contributed by atoms with E-state index >= 15 is 0 Å². The number of rotatable bonds is 5. The molecule has 0 N–H and O–H groups in total. The van der Waals surface area contributed by atoms with Gasteiger partial charge in [-0.3, -0.25) is 0 Å². The van der Waals surface area contributed by atoms with Crippen molar-refractivity contribution in [1.82, 2.24) is 0 Å². The van der Waals surface area contributed by atoms with Crippen LogP contribution in [0.1, 0.15) is 12.8 Å². The smallest absolute Gasteiger partial charge is 0.344 e. The van der Waals surface area contributed by atoms with Crippen LogP contribution >= 0.6 is 11.6 Å². The van der Waals surface area contributed by atoms with Crippen molar-refractivity contribution in [2.45, 2.75) is 12.8 Å². The molecular formula is C16H17ClO3. The van der Waals surface area contributed by atoms with Gasteiger partial charge in [0.1, 0.15) is 5.75 Å². The first kappa shape index (κ1) is 13.5. The van der Waals surface area contributed by atoms with Gasteiger partial charge in [0.15, 0.2) is 6.61 Å². The number of carbonyl (C=O) groups excluding carboxylic acids is 1. The van der Waals surface area contributed by atoms with Gasteiger partial charge in [0, 0.05) is 5.02 Å². The molecule has 3 rings (SSSR count). The van der Waals surface area contributed by atoms with Crippen molar-refractivity contribution in [3.63, 3.8) is 0 Å². The van der Waals surface area contributed by atoms with Crippen LogP contribution in [0, 0.1) is 17.8 Å². The predicted octanol–water partition coefficient (Wildman–Crippen LogP) is 3.47. The van der Waals surface area contributed by atoms with Gasteiger partial charge < -0.3 is 9.47 Å². The quantitative estimate of drug-likeness (QED) is 0.616. The van der Waals surface area contributed by atoms with Gasteiger partial charge in [0.05, 0.1) is 6.61 Å². The largest absolute Gasteiger partial charge is 0.482 e. The van der Waals surface area contributed by atoms with Crippen LogP contribution in [-0.2, 0) is 9.53 Å². The Labute approximate surface area is 123 Å². The fourth-order valence-electron chi connectivity index (χ4n) is 3.00. The second-order valence-electron chi connectivity index (χ2n) is 5.47. The number of fused-ring (bicyclic) bond motifs is 2. The lowest BCUT2D eigenvalue weighted by atomic mass is 9.95. The Morgan fingerprint density at radius 3 is 2.65 bits per heavy atom. The van der Waals surface area contributed by atoms with Crippen molar-refractivity contribution in [3.05, 3.63) is 41.4 Å². The van der Waals surface area contributed by atoms with Gasteiger partial charge in [-0.05, 0) is 54.9 Å². The van der Waals surface area contributed by atoms with Gasteiger partial charge in [-0.2, -0.15) is 0 Å². The van der Waals surface area contributed by atoms with Crippen molar-refractivity contribution in [1.29, 1.82) is 0 Å². The standard InChI is InChI=1S/C16H17ClO3/c17-14-3-5-15(6-4-14)19-10-16(18)20-9-13-8-11-1-2-12(13)7-11/h1-6,11-13H,7-10H2/t11-,12-,13+/m0/s1. The summed E-state index contributed by atoms with van der Waals surface area (Å²) in [4.78, 5) is 11.7. The topological polar surface area (TPSA) is 35.5 Å². The third-order valence-corrected chi connectivity index (χ3v) is 4.30. The Bertz CT molecular complexity index is 509. The van der Waals surface area contributed by atoms with Crippen LogP contribution in [0.4, 0.5) is 0 Å². The fourth-order valence-corrected chi connectivity index (χ4v) is 3.13. The summed E-state index contributed by atoms with van der Waals surface area (Å²) in [6.45, 7) is 0.451. The highest BCUT2D eigenvalue weighted by Gasteiger charge is 2.36. The van der Waals surface area contributed by atoms with Crippen LogP contribution in [0.15, 0.2) is 36.4 Å². The molecule has 3 atom stereocenters. The van der Waals surface area contributed by atoms with Crippen LogP contribution in [0.25, 0.3) is 0 Å². The number of allylic oxidation sites excluding steroid dienone is 2. The molecular weight excluding hydrogens is 276 g/mol. The van der Waals surface area contributed by atoms with Crippen molar-refractivity contribution in [2.75, 3.05) is 13.2 Å². The lowest BCUT2D eigenvalue weighted by Crippen LogP contribution is -2.21. The average Bonchev–Trinajstić information content (AvgIpc) is 3.07. The molecule has 0 aromatic heterocycles. The van der Waals surface area contributed by atoms with Gasteiger partial charge in [-0.1, -0.05) is 23.8 Å². The molecule has 3 nitrogen and oxygen atoms in total. The van der Waals surface area contributed by atoms with E-state index in [9.17, 15) is 4.79 Å². The van der Waals surface area contributed by atoms with Gasteiger partial charge in [-0.25, -0.2) is 4.79 Å². The van der Waals surface area contributed by atoms with Crippen LogP contribution in [0.5, 0.6) is 5.75 Å². The number of hydrogen-bond acceptors (Lipinski definition) is 3. The van der Waals surface area contributed by atoms with E-state index in [0.717, 1.165) is 6.42 Å². The van der Waals surface area contributed by atoms with Crippen LogP contribution < -0.4 is 4.74 Å². The molecule has 4 heteroatoms. The number of benzene rings is 1. The van der Waals surface area contributed by atoms with Gasteiger partial charge >= 0.3 is 5.97 Å². The minimum absolute atomic E-state index is 0.0573. The molecule has 2 aliphatic rings. The predicted molar refractivity (Wildman–Crippen MR) is 76.8 cm³/mol. The monoisotopic (exact) mass is 292 g/mol. The highest BCUT2D eigenvalue weighted by molar-refractivity contribution is 6.30. The summed E-state index contributed by atoms with van der Waals surface area (Å²) in [5, 5.41) is 0.643. The number of carbonyl (C=O) groups is 1. The molecule has 0 radical (unpaired) electrons. The summed E-state index contributed by atoms with van der Waals surface area (Å²) in [5.74, 6) is 2.10. The maximum absolute atomic E-state index is 11.7. The van der Waals surface area contributed by atoms with Crippen molar-refractivity contribution in [2.24, 2.45) is 17.8 Å². The molecule has 0 aliphatic heterocycles. The van der Waals surface area contributed by atoms with Gasteiger partial charge in [0.25, 0.3) is 0 Å². The molecule has 1 saturated carbocycles. The number of esters is 1. The Kier molecular flexibility index (Phi) is 3.97. The minimum Gasteiger partial charge on any atom is -0.482 e. The minimum atomic E-state index is -0.313. The van der Waals surface area contributed by atoms with E-state index < -0.39 is 0 Å². The fraction of sp³-hybridized carbons (Fsp3) is 0.438. The first-order valence-corrected chi connectivity index (χ1v) is 7.31. The van der Waals surface area contributed by atoms with Crippen LogP contribution in [0.3, 0.4) is 0 Å². The zero-order chi connectivity index (χ0) is 13.9. The molecule has 106 valence electrons. The lowest BCUT2D eigenvalue weighted by molar-refractivity contribution is -0.147. The number of hydrogen-bond donors (Lipinski definition) is 0. The lowest BCUT2D eigenvalue weighted by Gasteiger charge is -2.17. The van der Waals surface area contributed by atoms with E-state index in [0.29, 0.717) is 35.1 Å². The second-order valence-corrected chi connectivity index (χ2v) is 5.90. The molecule has 0 unspecified atom stereocenters. The third kappa shape index (κ3) is 3.15. The summed E-state index contributed by atoms with van der Waals surface area (Å²) < 4.78 is 10.7. The zero-order valence-corrected chi connectivity index (χ0v) is 11.9. The number of ether oxygens (including phenoxy) is 2. The highest BCUT2D eigenvalue weighted by atomic mass is 35.5. The molecule has 0 saturated heterocycles. The van der Waals surface area contributed by atoms with Crippen molar-refractivity contribution < 1.29 is 14.3 Å². The summed E-state index contributed by atoms with van der Waals surface area (Å²) in [5.41, 5.74) is 0. The summed E-state index contributed by atoms with van der Waals surface area (Å²) in [6.07, 6.45) is 6.92. The summed E-state index contributed by atoms with van der Waals surface area (Å²) >= 11 is 5.78. The Morgan fingerprint density at radius 2 is 2.00 bits per heavy atom. The summed E-state index contributed by atoms with van der Waals surface area (Å²) in [6, 6.07) is 6.92. The first-order chi connectivity index (χ1) is 9.70.